The molecule has 130 valence electrons. The van der Waals surface area contributed by atoms with Gasteiger partial charge in [0.05, 0.1) is 10.5 Å². The first-order valence-electron chi connectivity index (χ1n) is 7.81. The Morgan fingerprint density at radius 3 is 2.61 bits per heavy atom. The highest BCUT2D eigenvalue weighted by molar-refractivity contribution is 5.96. The Balaban J connectivity index is 2.88. The van der Waals surface area contributed by atoms with Crippen molar-refractivity contribution in [2.45, 2.75) is 59.6 Å². The van der Waals surface area contributed by atoms with Gasteiger partial charge in [0.15, 0.2) is 0 Å². The number of aliphatic hydroxyl groups is 1. The Kier molecular flexibility index (Phi) is 6.26. The van der Waals surface area contributed by atoms with Gasteiger partial charge in [-0.05, 0) is 39.5 Å². The van der Waals surface area contributed by atoms with E-state index >= 15 is 0 Å². The van der Waals surface area contributed by atoms with Crippen molar-refractivity contribution in [1.82, 2.24) is 15.1 Å². The van der Waals surface area contributed by atoms with E-state index in [1.165, 1.54) is 11.6 Å². The second-order valence-electron chi connectivity index (χ2n) is 6.47. The van der Waals surface area contributed by atoms with Gasteiger partial charge in [-0.2, -0.15) is 5.10 Å². The number of aromatic nitrogens is 2. The number of amides is 1. The summed E-state index contributed by atoms with van der Waals surface area (Å²) in [5.41, 5.74) is -1.21. The van der Waals surface area contributed by atoms with Crippen LogP contribution >= 0.6 is 0 Å². The van der Waals surface area contributed by atoms with E-state index in [0.717, 1.165) is 6.42 Å². The molecule has 1 aromatic rings. The third kappa shape index (κ3) is 5.02. The SMILES string of the molecule is CCn1nc(C)c([N+](=O)[O-])c1C(=O)NCC(C)(O)CCC(C)C. The van der Waals surface area contributed by atoms with Crippen LogP contribution in [0.4, 0.5) is 5.69 Å². The summed E-state index contributed by atoms with van der Waals surface area (Å²) in [6, 6.07) is 0. The van der Waals surface area contributed by atoms with Gasteiger partial charge in [-0.15, -0.1) is 0 Å². The quantitative estimate of drug-likeness (QED) is 0.561. The maximum Gasteiger partial charge on any atom is 0.322 e. The molecular weight excluding hydrogens is 300 g/mol. The normalized spacial score (nSPS) is 13.9. The number of hydrogen-bond acceptors (Lipinski definition) is 5. The lowest BCUT2D eigenvalue weighted by molar-refractivity contribution is -0.385. The fourth-order valence-corrected chi connectivity index (χ4v) is 2.29. The zero-order valence-corrected chi connectivity index (χ0v) is 14.4. The maximum absolute atomic E-state index is 12.4. The van der Waals surface area contributed by atoms with E-state index < -0.39 is 16.4 Å². The summed E-state index contributed by atoms with van der Waals surface area (Å²) in [7, 11) is 0. The van der Waals surface area contributed by atoms with E-state index in [4.69, 9.17) is 0 Å². The molecule has 0 aliphatic heterocycles. The minimum absolute atomic E-state index is 0.0314. The van der Waals surface area contributed by atoms with Crippen LogP contribution in [-0.4, -0.2) is 37.9 Å². The lowest BCUT2D eigenvalue weighted by Crippen LogP contribution is -2.41. The van der Waals surface area contributed by atoms with Crippen molar-refractivity contribution in [1.29, 1.82) is 0 Å². The van der Waals surface area contributed by atoms with Gasteiger partial charge >= 0.3 is 5.69 Å². The van der Waals surface area contributed by atoms with Crippen molar-refractivity contribution >= 4 is 11.6 Å². The minimum atomic E-state index is -1.05. The summed E-state index contributed by atoms with van der Waals surface area (Å²) in [4.78, 5) is 22.9. The molecule has 1 rings (SSSR count). The van der Waals surface area contributed by atoms with Crippen LogP contribution in [0.1, 0.15) is 56.7 Å². The zero-order chi connectivity index (χ0) is 17.8. The van der Waals surface area contributed by atoms with Crippen molar-refractivity contribution in [2.75, 3.05) is 6.54 Å². The summed E-state index contributed by atoms with van der Waals surface area (Å²) in [5, 5.41) is 28.1. The number of nitrogens with zero attached hydrogens (tertiary/aromatic N) is 3. The molecule has 8 nitrogen and oxygen atoms in total. The molecule has 8 heteroatoms. The zero-order valence-electron chi connectivity index (χ0n) is 14.4. The molecule has 0 bridgehead atoms. The lowest BCUT2D eigenvalue weighted by atomic mass is 9.95. The molecule has 1 atom stereocenters. The summed E-state index contributed by atoms with van der Waals surface area (Å²) in [6.45, 7) is 9.39. The smallest absolute Gasteiger partial charge is 0.322 e. The largest absolute Gasteiger partial charge is 0.388 e. The minimum Gasteiger partial charge on any atom is -0.388 e. The van der Waals surface area contributed by atoms with Gasteiger partial charge in [0, 0.05) is 13.1 Å². The molecule has 0 saturated carbocycles. The summed E-state index contributed by atoms with van der Waals surface area (Å²) in [6.07, 6.45) is 1.37. The monoisotopic (exact) mass is 326 g/mol. The van der Waals surface area contributed by atoms with E-state index in [9.17, 15) is 20.0 Å². The Labute approximate surface area is 136 Å². The molecule has 0 aromatic carbocycles. The second kappa shape index (κ2) is 7.54. The number of carbonyl (C=O) groups is 1. The first kappa shape index (κ1) is 19.1. The highest BCUT2D eigenvalue weighted by atomic mass is 16.6. The second-order valence-corrected chi connectivity index (χ2v) is 6.47. The van der Waals surface area contributed by atoms with Crippen LogP contribution < -0.4 is 5.32 Å². The number of nitrogens with one attached hydrogen (secondary N) is 1. The van der Waals surface area contributed by atoms with Crippen molar-refractivity contribution < 1.29 is 14.8 Å². The van der Waals surface area contributed by atoms with Crippen molar-refractivity contribution in [3.63, 3.8) is 0 Å². The third-order valence-electron chi connectivity index (χ3n) is 3.68. The van der Waals surface area contributed by atoms with Crippen LogP contribution in [0.5, 0.6) is 0 Å². The van der Waals surface area contributed by atoms with Crippen LogP contribution in [0.3, 0.4) is 0 Å². The molecule has 2 N–H and O–H groups in total. The van der Waals surface area contributed by atoms with Crippen LogP contribution in [0.25, 0.3) is 0 Å². The first-order valence-corrected chi connectivity index (χ1v) is 7.81. The molecule has 0 aliphatic carbocycles. The number of nitro groups is 1. The number of carbonyl (C=O) groups excluding carboxylic acids is 1. The number of hydrogen-bond donors (Lipinski definition) is 2. The standard InChI is InChI=1S/C15H26N4O4/c1-6-18-13(12(19(22)23)11(4)17-18)14(20)16-9-15(5,21)8-7-10(2)3/h10,21H,6-9H2,1-5H3,(H,16,20). The topological polar surface area (TPSA) is 110 Å². The molecule has 0 fully saturated rings. The Hall–Kier alpha value is -1.96. The van der Waals surface area contributed by atoms with Crippen LogP contribution in [0.15, 0.2) is 0 Å². The first-order chi connectivity index (χ1) is 10.6. The van der Waals surface area contributed by atoms with Gasteiger partial charge in [0.25, 0.3) is 5.91 Å². The van der Waals surface area contributed by atoms with Gasteiger partial charge in [-0.3, -0.25) is 19.6 Å². The molecule has 0 saturated heterocycles. The molecule has 23 heavy (non-hydrogen) atoms. The van der Waals surface area contributed by atoms with Crippen molar-refractivity contribution in [2.24, 2.45) is 5.92 Å². The number of aryl methyl sites for hydroxylation is 2. The Morgan fingerprint density at radius 2 is 2.13 bits per heavy atom. The molecule has 0 radical (unpaired) electrons. The predicted octanol–water partition coefficient (Wildman–Crippen LogP) is 2.04. The van der Waals surface area contributed by atoms with E-state index in [2.05, 4.69) is 24.3 Å². The van der Waals surface area contributed by atoms with Gasteiger partial charge in [0.2, 0.25) is 5.69 Å². The van der Waals surface area contributed by atoms with Crippen molar-refractivity contribution in [3.8, 4) is 0 Å². The van der Waals surface area contributed by atoms with Crippen LogP contribution in [0.2, 0.25) is 0 Å². The number of rotatable bonds is 8. The maximum atomic E-state index is 12.4. The molecular formula is C15H26N4O4. The molecule has 1 heterocycles. The summed E-state index contributed by atoms with van der Waals surface area (Å²) >= 11 is 0. The molecule has 0 spiro atoms. The van der Waals surface area contributed by atoms with Crippen LogP contribution in [-0.2, 0) is 6.54 Å². The molecule has 0 aliphatic rings. The average molecular weight is 326 g/mol. The highest BCUT2D eigenvalue weighted by Gasteiger charge is 2.31. The van der Waals surface area contributed by atoms with E-state index in [1.54, 1.807) is 13.8 Å². The molecule has 1 aromatic heterocycles. The summed E-state index contributed by atoms with van der Waals surface area (Å²) in [5.74, 6) is -0.147. The summed E-state index contributed by atoms with van der Waals surface area (Å²) < 4.78 is 1.31. The molecule has 1 amide bonds. The predicted molar refractivity (Wildman–Crippen MR) is 86.3 cm³/mol. The van der Waals surface area contributed by atoms with E-state index in [0.29, 0.717) is 18.9 Å². The van der Waals surface area contributed by atoms with Crippen LogP contribution in [0, 0.1) is 23.0 Å². The van der Waals surface area contributed by atoms with Gasteiger partial charge < -0.3 is 10.4 Å². The van der Waals surface area contributed by atoms with Gasteiger partial charge in [-0.1, -0.05) is 13.8 Å². The van der Waals surface area contributed by atoms with Gasteiger partial charge in [0.1, 0.15) is 5.69 Å². The molecule has 1 unspecified atom stereocenters. The Morgan fingerprint density at radius 1 is 1.52 bits per heavy atom. The third-order valence-corrected chi connectivity index (χ3v) is 3.68. The lowest BCUT2D eigenvalue weighted by Gasteiger charge is -2.24. The fourth-order valence-electron chi connectivity index (χ4n) is 2.29. The van der Waals surface area contributed by atoms with Crippen molar-refractivity contribution in [3.05, 3.63) is 21.5 Å². The average Bonchev–Trinajstić information content (AvgIpc) is 2.79. The Bertz CT molecular complexity index is 578. The van der Waals surface area contributed by atoms with E-state index in [-0.39, 0.29) is 23.6 Å². The van der Waals surface area contributed by atoms with Gasteiger partial charge in [-0.25, -0.2) is 0 Å². The van der Waals surface area contributed by atoms with E-state index in [1.807, 2.05) is 0 Å². The highest BCUT2D eigenvalue weighted by Crippen LogP contribution is 2.23. The fraction of sp³-hybridized carbons (Fsp3) is 0.733.